The van der Waals surface area contributed by atoms with Crippen LogP contribution in [0.5, 0.6) is 0 Å². The van der Waals surface area contributed by atoms with Gasteiger partial charge in [0, 0.05) is 43.6 Å². The van der Waals surface area contributed by atoms with Crippen molar-refractivity contribution in [2.75, 3.05) is 24.2 Å². The van der Waals surface area contributed by atoms with Gasteiger partial charge < -0.3 is 10.6 Å². The molecule has 5 nitrogen and oxygen atoms in total. The number of hydrogen-bond donors (Lipinski definition) is 2. The molecule has 0 saturated carbocycles. The van der Waals surface area contributed by atoms with Crippen molar-refractivity contribution in [1.29, 1.82) is 0 Å². The number of thiazole rings is 1. The first kappa shape index (κ1) is 13.7. The van der Waals surface area contributed by atoms with E-state index >= 15 is 0 Å². The van der Waals surface area contributed by atoms with Crippen LogP contribution < -0.4 is 10.6 Å². The second-order valence-electron chi connectivity index (χ2n) is 4.50. The fourth-order valence-electron chi connectivity index (χ4n) is 1.62. The molecule has 0 radical (unpaired) electrons. The number of aromatic nitrogens is 3. The summed E-state index contributed by atoms with van der Waals surface area (Å²) in [5, 5.41) is 9.53. The molecule has 2 rings (SSSR count). The van der Waals surface area contributed by atoms with E-state index < -0.39 is 0 Å². The maximum atomic E-state index is 4.52. The van der Waals surface area contributed by atoms with E-state index in [4.69, 9.17) is 0 Å². The molecule has 2 N–H and O–H groups in total. The van der Waals surface area contributed by atoms with Crippen molar-refractivity contribution < 1.29 is 0 Å². The highest BCUT2D eigenvalue weighted by Gasteiger charge is 2.07. The Morgan fingerprint density at radius 3 is 2.68 bits per heavy atom. The summed E-state index contributed by atoms with van der Waals surface area (Å²) >= 11 is 1.68. The summed E-state index contributed by atoms with van der Waals surface area (Å²) in [6.07, 6.45) is 2.74. The quantitative estimate of drug-likeness (QED) is 0.850. The Labute approximate surface area is 117 Å². The summed E-state index contributed by atoms with van der Waals surface area (Å²) in [5.74, 6) is 2.87. The molecule has 0 spiro atoms. The largest absolute Gasteiger partial charge is 0.373 e. The smallest absolute Gasteiger partial charge is 0.135 e. The van der Waals surface area contributed by atoms with Gasteiger partial charge in [-0.2, -0.15) is 0 Å². The Balaban J connectivity index is 2.00. The maximum absolute atomic E-state index is 4.52. The number of hydrogen-bond acceptors (Lipinski definition) is 6. The number of nitrogens with one attached hydrogen (secondary N) is 2. The number of rotatable bonds is 6. The minimum Gasteiger partial charge on any atom is -0.373 e. The van der Waals surface area contributed by atoms with Gasteiger partial charge in [-0.3, -0.25) is 0 Å². The summed E-state index contributed by atoms with van der Waals surface area (Å²) in [6.45, 7) is 5.01. The Morgan fingerprint density at radius 1 is 1.26 bits per heavy atom. The molecule has 0 saturated heterocycles. The van der Waals surface area contributed by atoms with Gasteiger partial charge in [0.05, 0.1) is 5.01 Å². The van der Waals surface area contributed by atoms with Gasteiger partial charge in [-0.1, -0.05) is 13.8 Å². The van der Waals surface area contributed by atoms with Crippen molar-refractivity contribution in [2.45, 2.75) is 26.2 Å². The van der Waals surface area contributed by atoms with Crippen molar-refractivity contribution in [2.24, 2.45) is 0 Å². The van der Waals surface area contributed by atoms with Crippen molar-refractivity contribution >= 4 is 23.0 Å². The van der Waals surface area contributed by atoms with Gasteiger partial charge in [0.25, 0.3) is 0 Å². The van der Waals surface area contributed by atoms with Gasteiger partial charge in [-0.25, -0.2) is 15.0 Å². The fraction of sp³-hybridized carbons (Fsp3) is 0.462. The van der Waals surface area contributed by atoms with Crippen LogP contribution in [0.3, 0.4) is 0 Å². The van der Waals surface area contributed by atoms with Crippen LogP contribution in [0.2, 0.25) is 0 Å². The maximum Gasteiger partial charge on any atom is 0.135 e. The van der Waals surface area contributed by atoms with Gasteiger partial charge in [0.15, 0.2) is 0 Å². The molecule has 6 heteroatoms. The van der Waals surface area contributed by atoms with Crippen LogP contribution in [0.4, 0.5) is 11.6 Å². The molecule has 2 aromatic rings. The molecule has 0 atom stereocenters. The van der Waals surface area contributed by atoms with Gasteiger partial charge in [-0.15, -0.1) is 11.3 Å². The zero-order valence-electron chi connectivity index (χ0n) is 11.5. The van der Waals surface area contributed by atoms with E-state index in [1.165, 1.54) is 0 Å². The first-order valence-electron chi connectivity index (χ1n) is 6.38. The molecule has 2 heterocycles. The van der Waals surface area contributed by atoms with Crippen LogP contribution in [0.25, 0.3) is 0 Å². The van der Waals surface area contributed by atoms with E-state index in [1.807, 2.05) is 24.7 Å². The van der Waals surface area contributed by atoms with Crippen LogP contribution in [-0.4, -0.2) is 28.5 Å². The predicted molar refractivity (Wildman–Crippen MR) is 80.0 cm³/mol. The van der Waals surface area contributed by atoms with Crippen molar-refractivity contribution in [1.82, 2.24) is 15.0 Å². The SMILES string of the molecule is CNc1cc(NCCc2nccs2)nc(C(C)C)n1. The minimum absolute atomic E-state index is 0.313. The Kier molecular flexibility index (Phi) is 4.68. The fourth-order valence-corrected chi connectivity index (χ4v) is 2.24. The lowest BCUT2D eigenvalue weighted by molar-refractivity contribution is 0.775. The average Bonchev–Trinajstić information content (AvgIpc) is 2.91. The lowest BCUT2D eigenvalue weighted by Gasteiger charge is -2.11. The monoisotopic (exact) mass is 277 g/mol. The first-order valence-corrected chi connectivity index (χ1v) is 7.26. The number of nitrogens with zero attached hydrogens (tertiary/aromatic N) is 3. The minimum atomic E-state index is 0.313. The second-order valence-corrected chi connectivity index (χ2v) is 5.48. The third-order valence-corrected chi connectivity index (χ3v) is 3.48. The van der Waals surface area contributed by atoms with Crippen molar-refractivity contribution in [3.8, 4) is 0 Å². The highest BCUT2D eigenvalue weighted by molar-refractivity contribution is 7.09. The molecule has 2 aromatic heterocycles. The average molecular weight is 277 g/mol. The summed E-state index contributed by atoms with van der Waals surface area (Å²) in [5.41, 5.74) is 0. The van der Waals surface area contributed by atoms with E-state index in [2.05, 4.69) is 39.4 Å². The standard InChI is InChI=1S/C13H19N5S/c1-9(2)13-17-10(14-3)8-11(18-13)15-5-4-12-16-6-7-19-12/h6-9H,4-5H2,1-3H3,(H2,14,15,17,18). The highest BCUT2D eigenvalue weighted by atomic mass is 32.1. The van der Waals surface area contributed by atoms with Gasteiger partial charge in [0.1, 0.15) is 17.5 Å². The molecular formula is C13H19N5S. The van der Waals surface area contributed by atoms with Crippen LogP contribution in [-0.2, 0) is 6.42 Å². The first-order chi connectivity index (χ1) is 9.19. The van der Waals surface area contributed by atoms with E-state index in [-0.39, 0.29) is 0 Å². The number of anilines is 2. The third kappa shape index (κ3) is 3.89. The van der Waals surface area contributed by atoms with E-state index in [0.29, 0.717) is 5.92 Å². The summed E-state index contributed by atoms with van der Waals surface area (Å²) in [4.78, 5) is 13.2. The van der Waals surface area contributed by atoms with Gasteiger partial charge in [-0.05, 0) is 0 Å². The Morgan fingerprint density at radius 2 is 2.05 bits per heavy atom. The summed E-state index contributed by atoms with van der Waals surface area (Å²) < 4.78 is 0. The molecule has 0 bridgehead atoms. The molecule has 0 fully saturated rings. The van der Waals surface area contributed by atoms with Crippen LogP contribution in [0.1, 0.15) is 30.6 Å². The lowest BCUT2D eigenvalue weighted by Crippen LogP contribution is -2.10. The third-order valence-electron chi connectivity index (χ3n) is 2.64. The second kappa shape index (κ2) is 6.47. The molecule has 0 amide bonds. The van der Waals surface area contributed by atoms with Crippen LogP contribution in [0.15, 0.2) is 17.6 Å². The molecule has 0 aliphatic carbocycles. The highest BCUT2D eigenvalue weighted by Crippen LogP contribution is 2.16. The van der Waals surface area contributed by atoms with E-state index in [9.17, 15) is 0 Å². The van der Waals surface area contributed by atoms with E-state index in [1.54, 1.807) is 11.3 Å². The molecular weight excluding hydrogens is 258 g/mol. The van der Waals surface area contributed by atoms with Crippen molar-refractivity contribution in [3.63, 3.8) is 0 Å². The molecule has 0 aliphatic rings. The molecule has 102 valence electrons. The summed E-state index contributed by atoms with van der Waals surface area (Å²) in [7, 11) is 1.87. The van der Waals surface area contributed by atoms with E-state index in [0.717, 1.165) is 35.4 Å². The molecule has 0 aromatic carbocycles. The Hall–Kier alpha value is -1.69. The molecule has 19 heavy (non-hydrogen) atoms. The van der Waals surface area contributed by atoms with Crippen LogP contribution >= 0.6 is 11.3 Å². The van der Waals surface area contributed by atoms with Gasteiger partial charge >= 0.3 is 0 Å². The predicted octanol–water partition coefficient (Wildman–Crippen LogP) is 2.75. The topological polar surface area (TPSA) is 62.7 Å². The zero-order valence-corrected chi connectivity index (χ0v) is 12.3. The Bertz CT molecular complexity index is 510. The lowest BCUT2D eigenvalue weighted by atomic mass is 10.2. The van der Waals surface area contributed by atoms with Gasteiger partial charge in [0.2, 0.25) is 0 Å². The van der Waals surface area contributed by atoms with Crippen LogP contribution in [0, 0.1) is 0 Å². The molecule has 0 unspecified atom stereocenters. The van der Waals surface area contributed by atoms with Crippen molar-refractivity contribution in [3.05, 3.63) is 28.5 Å². The molecule has 0 aliphatic heterocycles. The summed E-state index contributed by atoms with van der Waals surface area (Å²) in [6, 6.07) is 1.92. The normalized spacial score (nSPS) is 10.7. The zero-order chi connectivity index (χ0) is 13.7.